The summed E-state index contributed by atoms with van der Waals surface area (Å²) in [6, 6.07) is 7.75. The number of hydrogen-bond donors (Lipinski definition) is 0. The first-order valence-electron chi connectivity index (χ1n) is 9.86. The van der Waals surface area contributed by atoms with Crippen LogP contribution in [-0.4, -0.2) is 25.8 Å². The quantitative estimate of drug-likeness (QED) is 0.333. The van der Waals surface area contributed by atoms with E-state index >= 15 is 0 Å². The van der Waals surface area contributed by atoms with Gasteiger partial charge in [0.05, 0.1) is 12.2 Å². The van der Waals surface area contributed by atoms with Crippen molar-refractivity contribution >= 4 is 5.97 Å². The Morgan fingerprint density at radius 2 is 1.72 bits per heavy atom. The van der Waals surface area contributed by atoms with Crippen LogP contribution in [0.3, 0.4) is 0 Å². The Balaban J connectivity index is 2.47. The second kappa shape index (κ2) is 12.9. The molecule has 0 aliphatic rings. The van der Waals surface area contributed by atoms with Crippen molar-refractivity contribution in [2.75, 3.05) is 13.7 Å². The molecule has 0 bridgehead atoms. The summed E-state index contributed by atoms with van der Waals surface area (Å²) in [4.78, 5) is 12.6. The van der Waals surface area contributed by atoms with Crippen molar-refractivity contribution in [2.24, 2.45) is 5.92 Å². The van der Waals surface area contributed by atoms with Crippen LogP contribution in [0.25, 0.3) is 0 Å². The van der Waals surface area contributed by atoms with Crippen molar-refractivity contribution < 1.29 is 14.3 Å². The van der Waals surface area contributed by atoms with Crippen LogP contribution in [0.4, 0.5) is 0 Å². The molecule has 0 radical (unpaired) electrons. The Bertz CT molecular complexity index is 482. The Hall–Kier alpha value is -1.35. The Kier molecular flexibility index (Phi) is 11.2. The van der Waals surface area contributed by atoms with Crippen LogP contribution in [0.5, 0.6) is 0 Å². The summed E-state index contributed by atoms with van der Waals surface area (Å²) in [5, 5.41) is 0. The minimum absolute atomic E-state index is 0.155. The van der Waals surface area contributed by atoms with Gasteiger partial charge in [0.1, 0.15) is 6.10 Å². The Morgan fingerprint density at radius 1 is 1.04 bits per heavy atom. The lowest BCUT2D eigenvalue weighted by atomic mass is 10.0. The second-order valence-corrected chi connectivity index (χ2v) is 7.28. The van der Waals surface area contributed by atoms with E-state index in [0.717, 1.165) is 37.2 Å². The summed E-state index contributed by atoms with van der Waals surface area (Å²) < 4.78 is 11.0. The zero-order chi connectivity index (χ0) is 18.5. The standard InChI is InChI=1S/C22H36O3/c1-5-12-19-14-10-11-16-21(19)22(23)25-20(17-24-4)15-9-7-6-8-13-18(2)3/h10-11,14,16,18,20H,5-9,12-13,15,17H2,1-4H3. The largest absolute Gasteiger partial charge is 0.456 e. The van der Waals surface area contributed by atoms with Crippen LogP contribution >= 0.6 is 0 Å². The first-order chi connectivity index (χ1) is 12.1. The summed E-state index contributed by atoms with van der Waals surface area (Å²) >= 11 is 0. The molecule has 0 aromatic heterocycles. The molecule has 0 aliphatic carbocycles. The van der Waals surface area contributed by atoms with Crippen molar-refractivity contribution in [3.63, 3.8) is 0 Å². The molecule has 0 spiro atoms. The summed E-state index contributed by atoms with van der Waals surface area (Å²) in [6.07, 6.45) is 8.74. The van der Waals surface area contributed by atoms with Crippen LogP contribution in [0.2, 0.25) is 0 Å². The number of ether oxygens (including phenoxy) is 2. The number of hydrogen-bond acceptors (Lipinski definition) is 3. The fourth-order valence-electron chi connectivity index (χ4n) is 3.06. The summed E-state index contributed by atoms with van der Waals surface area (Å²) in [6.45, 7) is 7.12. The smallest absolute Gasteiger partial charge is 0.338 e. The molecule has 0 saturated carbocycles. The minimum Gasteiger partial charge on any atom is -0.456 e. The molecule has 0 heterocycles. The lowest BCUT2D eigenvalue weighted by Gasteiger charge is -2.18. The first-order valence-corrected chi connectivity index (χ1v) is 9.86. The monoisotopic (exact) mass is 348 g/mol. The molecule has 1 aromatic rings. The van der Waals surface area contributed by atoms with Crippen molar-refractivity contribution in [1.82, 2.24) is 0 Å². The van der Waals surface area contributed by atoms with Gasteiger partial charge >= 0.3 is 5.97 Å². The van der Waals surface area contributed by atoms with E-state index in [1.54, 1.807) is 7.11 Å². The molecule has 0 saturated heterocycles. The molecular formula is C22H36O3. The van der Waals surface area contributed by atoms with Gasteiger partial charge in [-0.3, -0.25) is 0 Å². The summed E-state index contributed by atoms with van der Waals surface area (Å²) in [5.41, 5.74) is 1.77. The van der Waals surface area contributed by atoms with Gasteiger partial charge in [-0.15, -0.1) is 0 Å². The fourth-order valence-corrected chi connectivity index (χ4v) is 3.06. The average Bonchev–Trinajstić information content (AvgIpc) is 2.58. The molecule has 1 atom stereocenters. The maximum absolute atomic E-state index is 12.6. The highest BCUT2D eigenvalue weighted by Crippen LogP contribution is 2.17. The van der Waals surface area contributed by atoms with E-state index in [-0.39, 0.29) is 12.1 Å². The predicted octanol–water partition coefficient (Wildman–Crippen LogP) is 5.81. The lowest BCUT2D eigenvalue weighted by molar-refractivity contribution is 0.00227. The number of aryl methyl sites for hydroxylation is 1. The predicted molar refractivity (Wildman–Crippen MR) is 104 cm³/mol. The van der Waals surface area contributed by atoms with Crippen molar-refractivity contribution in [3.05, 3.63) is 35.4 Å². The van der Waals surface area contributed by atoms with Gasteiger partial charge in [-0.2, -0.15) is 0 Å². The van der Waals surface area contributed by atoms with Crippen LogP contribution in [0.1, 0.15) is 81.6 Å². The number of carbonyl (C=O) groups is 1. The van der Waals surface area contributed by atoms with Gasteiger partial charge in [-0.25, -0.2) is 4.79 Å². The van der Waals surface area contributed by atoms with Gasteiger partial charge in [0.25, 0.3) is 0 Å². The van der Waals surface area contributed by atoms with Gasteiger partial charge < -0.3 is 9.47 Å². The van der Waals surface area contributed by atoms with E-state index in [4.69, 9.17) is 9.47 Å². The van der Waals surface area contributed by atoms with E-state index in [1.165, 1.54) is 25.7 Å². The zero-order valence-electron chi connectivity index (χ0n) is 16.6. The van der Waals surface area contributed by atoms with E-state index in [1.807, 2.05) is 24.3 Å². The number of rotatable bonds is 13. The molecule has 3 nitrogen and oxygen atoms in total. The molecule has 0 fully saturated rings. The van der Waals surface area contributed by atoms with Crippen molar-refractivity contribution in [3.8, 4) is 0 Å². The molecule has 1 aromatic carbocycles. The average molecular weight is 349 g/mol. The molecule has 25 heavy (non-hydrogen) atoms. The van der Waals surface area contributed by atoms with Crippen LogP contribution in [0, 0.1) is 5.92 Å². The number of methoxy groups -OCH3 is 1. The second-order valence-electron chi connectivity index (χ2n) is 7.28. The van der Waals surface area contributed by atoms with Crippen molar-refractivity contribution in [1.29, 1.82) is 0 Å². The molecule has 0 aliphatic heterocycles. The number of benzene rings is 1. The number of unbranched alkanes of at least 4 members (excludes halogenated alkanes) is 3. The molecule has 142 valence electrons. The number of esters is 1. The maximum atomic E-state index is 12.6. The van der Waals surface area contributed by atoms with E-state index in [9.17, 15) is 4.79 Å². The van der Waals surface area contributed by atoms with E-state index in [0.29, 0.717) is 12.2 Å². The summed E-state index contributed by atoms with van der Waals surface area (Å²) in [5.74, 6) is 0.566. The number of carbonyl (C=O) groups excluding carboxylic acids is 1. The van der Waals surface area contributed by atoms with Crippen molar-refractivity contribution in [2.45, 2.75) is 78.2 Å². The van der Waals surface area contributed by atoms with E-state index < -0.39 is 0 Å². The normalized spacial score (nSPS) is 12.4. The third-order valence-electron chi connectivity index (χ3n) is 4.44. The summed E-state index contributed by atoms with van der Waals surface area (Å²) in [7, 11) is 1.66. The highest BCUT2D eigenvalue weighted by Gasteiger charge is 2.18. The van der Waals surface area contributed by atoms with Gasteiger partial charge in [-0.05, 0) is 36.8 Å². The topological polar surface area (TPSA) is 35.5 Å². The minimum atomic E-state index is -0.217. The maximum Gasteiger partial charge on any atom is 0.338 e. The van der Waals surface area contributed by atoms with Gasteiger partial charge in [0, 0.05) is 7.11 Å². The van der Waals surface area contributed by atoms with E-state index in [2.05, 4.69) is 20.8 Å². The third-order valence-corrected chi connectivity index (χ3v) is 4.44. The molecule has 1 unspecified atom stereocenters. The zero-order valence-corrected chi connectivity index (χ0v) is 16.6. The Labute approximate surface area is 154 Å². The fraction of sp³-hybridized carbons (Fsp3) is 0.682. The lowest BCUT2D eigenvalue weighted by Crippen LogP contribution is -2.23. The van der Waals surface area contributed by atoms with Gasteiger partial charge in [0.15, 0.2) is 0 Å². The highest BCUT2D eigenvalue weighted by atomic mass is 16.6. The Morgan fingerprint density at radius 3 is 2.36 bits per heavy atom. The SMILES string of the molecule is CCCc1ccccc1C(=O)OC(CCCCCCC(C)C)COC. The molecule has 1 rings (SSSR count). The van der Waals surface area contributed by atoms with Crippen LogP contribution < -0.4 is 0 Å². The first kappa shape index (κ1) is 21.7. The molecular weight excluding hydrogens is 312 g/mol. The van der Waals surface area contributed by atoms with Gasteiger partial charge in [0.2, 0.25) is 0 Å². The third kappa shape index (κ3) is 9.06. The van der Waals surface area contributed by atoms with Crippen LogP contribution in [-0.2, 0) is 15.9 Å². The molecule has 0 N–H and O–H groups in total. The highest BCUT2D eigenvalue weighted by molar-refractivity contribution is 5.91. The molecule has 3 heteroatoms. The molecule has 0 amide bonds. The van der Waals surface area contributed by atoms with Gasteiger partial charge in [-0.1, -0.05) is 71.1 Å². The van der Waals surface area contributed by atoms with Crippen LogP contribution in [0.15, 0.2) is 24.3 Å².